The third kappa shape index (κ3) is 8.57. The molecule has 1 unspecified atom stereocenters. The lowest BCUT2D eigenvalue weighted by molar-refractivity contribution is 0.0503. The van der Waals surface area contributed by atoms with E-state index in [9.17, 15) is 9.59 Å². The highest BCUT2D eigenvalue weighted by molar-refractivity contribution is 5.85. The van der Waals surface area contributed by atoms with Gasteiger partial charge in [-0.3, -0.25) is 5.32 Å². The fraction of sp³-hybridized carbons (Fsp3) is 0.357. The Morgan fingerprint density at radius 1 is 0.973 bits per heavy atom. The van der Waals surface area contributed by atoms with E-state index in [-0.39, 0.29) is 6.04 Å². The van der Waals surface area contributed by atoms with Crippen molar-refractivity contribution in [3.8, 4) is 11.1 Å². The maximum atomic E-state index is 12.6. The van der Waals surface area contributed by atoms with Gasteiger partial charge in [0.25, 0.3) is 0 Å². The molecular weight excluding hydrogens is 470 g/mol. The second-order valence-corrected chi connectivity index (χ2v) is 9.94. The Hall–Kier alpha value is -3.98. The van der Waals surface area contributed by atoms with Crippen LogP contribution in [0.2, 0.25) is 0 Å². The first-order chi connectivity index (χ1) is 17.5. The van der Waals surface area contributed by atoms with Crippen LogP contribution in [0.3, 0.4) is 0 Å². The molecule has 0 fully saturated rings. The van der Waals surface area contributed by atoms with Gasteiger partial charge in [0.15, 0.2) is 0 Å². The molecule has 0 saturated heterocycles. The number of amides is 2. The third-order valence-electron chi connectivity index (χ3n) is 5.32. The summed E-state index contributed by atoms with van der Waals surface area (Å²) in [6.45, 7) is 6.09. The molecule has 3 rings (SSSR count). The summed E-state index contributed by atoms with van der Waals surface area (Å²) in [5.74, 6) is 0. The molecule has 9 nitrogen and oxygen atoms in total. The molecule has 0 radical (unpaired) electrons. The van der Waals surface area contributed by atoms with Crippen molar-refractivity contribution in [2.24, 2.45) is 0 Å². The number of benzene rings is 2. The van der Waals surface area contributed by atoms with E-state index in [0.717, 1.165) is 28.1 Å². The quantitative estimate of drug-likeness (QED) is 0.434. The first-order valence-corrected chi connectivity index (χ1v) is 12.0. The van der Waals surface area contributed by atoms with Crippen LogP contribution in [-0.2, 0) is 22.4 Å². The number of rotatable bonds is 8. The summed E-state index contributed by atoms with van der Waals surface area (Å²) < 4.78 is 10.2. The van der Waals surface area contributed by atoms with Crippen LogP contribution in [0.1, 0.15) is 43.8 Å². The van der Waals surface area contributed by atoms with Crippen LogP contribution in [-0.4, -0.2) is 54.1 Å². The second-order valence-electron chi connectivity index (χ2n) is 9.94. The van der Waals surface area contributed by atoms with Crippen LogP contribution in [0, 0.1) is 0 Å². The maximum Gasteiger partial charge on any atom is 0.411 e. The van der Waals surface area contributed by atoms with Gasteiger partial charge in [0.2, 0.25) is 0 Å². The summed E-state index contributed by atoms with van der Waals surface area (Å²) >= 11 is 0. The van der Waals surface area contributed by atoms with Crippen molar-refractivity contribution in [3.05, 3.63) is 77.6 Å². The molecule has 0 bridgehead atoms. The molecule has 3 aromatic rings. The maximum absolute atomic E-state index is 12.6. The summed E-state index contributed by atoms with van der Waals surface area (Å²) in [5, 5.41) is 14.7. The van der Waals surface area contributed by atoms with E-state index in [1.807, 2.05) is 100 Å². The molecule has 9 heteroatoms. The monoisotopic (exact) mass is 505 g/mol. The number of anilines is 1. The molecule has 0 spiro atoms. The molecular formula is C28H35N5O4. The van der Waals surface area contributed by atoms with Gasteiger partial charge in [0.05, 0.1) is 24.5 Å². The highest BCUT2D eigenvalue weighted by Gasteiger charge is 2.22. The van der Waals surface area contributed by atoms with E-state index in [4.69, 9.17) is 4.74 Å². The number of nitrogens with zero attached hydrogens (tertiary/aromatic N) is 3. The molecule has 0 saturated carbocycles. The lowest BCUT2D eigenvalue weighted by Crippen LogP contribution is -2.36. The fourth-order valence-corrected chi connectivity index (χ4v) is 3.72. The SMILES string of the molecule is COC(=O)Nc1ccc(-c2cc(CC(NC(=O)OC(C)(C)C)c3ccccc3)nnc2CN(C)C)cc1. The third-order valence-corrected chi connectivity index (χ3v) is 5.32. The van der Waals surface area contributed by atoms with Crippen molar-refractivity contribution in [1.82, 2.24) is 20.4 Å². The van der Waals surface area contributed by atoms with Crippen molar-refractivity contribution >= 4 is 17.9 Å². The molecule has 2 aromatic carbocycles. The number of aromatic nitrogens is 2. The summed E-state index contributed by atoms with van der Waals surface area (Å²) in [4.78, 5) is 26.2. The summed E-state index contributed by atoms with van der Waals surface area (Å²) in [5.41, 5.74) is 4.34. The standard InChI is InChI=1S/C28H35N5O4/c1-28(2,3)37-27(35)30-24(20-10-8-7-9-11-20)17-22-16-23(25(32-31-22)18-33(4)5)19-12-14-21(15-13-19)29-26(34)36-6/h7-16,24H,17-18H2,1-6H3,(H,29,34)(H,30,35). The van der Waals surface area contributed by atoms with E-state index in [2.05, 4.69) is 25.6 Å². The van der Waals surface area contributed by atoms with Gasteiger partial charge in [0, 0.05) is 24.2 Å². The molecule has 0 aliphatic carbocycles. The van der Waals surface area contributed by atoms with Gasteiger partial charge in [-0.1, -0.05) is 42.5 Å². The number of hydrogen-bond acceptors (Lipinski definition) is 7. The van der Waals surface area contributed by atoms with Crippen molar-refractivity contribution in [2.45, 2.75) is 45.4 Å². The first kappa shape index (κ1) is 27.6. The Morgan fingerprint density at radius 2 is 1.65 bits per heavy atom. The number of methoxy groups -OCH3 is 1. The molecule has 37 heavy (non-hydrogen) atoms. The van der Waals surface area contributed by atoms with E-state index >= 15 is 0 Å². The zero-order chi connectivity index (χ0) is 27.0. The smallest absolute Gasteiger partial charge is 0.411 e. The molecule has 2 amide bonds. The summed E-state index contributed by atoms with van der Waals surface area (Å²) in [7, 11) is 5.26. The number of alkyl carbamates (subject to hydrolysis) is 1. The highest BCUT2D eigenvalue weighted by atomic mass is 16.6. The van der Waals surface area contributed by atoms with Crippen LogP contribution in [0.4, 0.5) is 15.3 Å². The molecule has 1 heterocycles. The highest BCUT2D eigenvalue weighted by Crippen LogP contribution is 2.27. The Labute approximate surface area is 218 Å². The van der Waals surface area contributed by atoms with Crippen LogP contribution in [0.5, 0.6) is 0 Å². The molecule has 0 aliphatic heterocycles. The normalized spacial score (nSPS) is 12.1. The van der Waals surface area contributed by atoms with Gasteiger partial charge in [-0.2, -0.15) is 10.2 Å². The van der Waals surface area contributed by atoms with Crippen molar-refractivity contribution in [2.75, 3.05) is 26.5 Å². The second kappa shape index (κ2) is 12.3. The van der Waals surface area contributed by atoms with E-state index in [0.29, 0.717) is 18.7 Å². The van der Waals surface area contributed by atoms with Gasteiger partial charge in [-0.15, -0.1) is 0 Å². The molecule has 0 aliphatic rings. The molecule has 1 atom stereocenters. The zero-order valence-electron chi connectivity index (χ0n) is 22.2. The zero-order valence-corrected chi connectivity index (χ0v) is 22.2. The number of hydrogen-bond donors (Lipinski definition) is 2. The largest absolute Gasteiger partial charge is 0.453 e. The summed E-state index contributed by atoms with van der Waals surface area (Å²) in [6, 6.07) is 18.8. The predicted molar refractivity (Wildman–Crippen MR) is 143 cm³/mol. The van der Waals surface area contributed by atoms with E-state index < -0.39 is 17.8 Å². The first-order valence-electron chi connectivity index (χ1n) is 12.0. The Balaban J connectivity index is 1.93. The minimum atomic E-state index is -0.610. The van der Waals surface area contributed by atoms with Crippen molar-refractivity contribution in [3.63, 3.8) is 0 Å². The average Bonchev–Trinajstić information content (AvgIpc) is 2.84. The van der Waals surface area contributed by atoms with Gasteiger partial charge in [0.1, 0.15) is 5.60 Å². The lowest BCUT2D eigenvalue weighted by Gasteiger charge is -2.24. The summed E-state index contributed by atoms with van der Waals surface area (Å²) in [6.07, 6.45) is -0.598. The number of carbonyl (C=O) groups is 2. The minimum Gasteiger partial charge on any atom is -0.453 e. The Morgan fingerprint density at radius 3 is 2.24 bits per heavy atom. The van der Waals surface area contributed by atoms with Crippen LogP contribution < -0.4 is 10.6 Å². The topological polar surface area (TPSA) is 106 Å². The Bertz CT molecular complexity index is 1190. The molecule has 1 aromatic heterocycles. The number of nitrogens with one attached hydrogen (secondary N) is 2. The van der Waals surface area contributed by atoms with E-state index in [1.54, 1.807) is 0 Å². The average molecular weight is 506 g/mol. The lowest BCUT2D eigenvalue weighted by atomic mass is 9.98. The molecule has 196 valence electrons. The van der Waals surface area contributed by atoms with Crippen molar-refractivity contribution in [1.29, 1.82) is 0 Å². The van der Waals surface area contributed by atoms with Crippen molar-refractivity contribution < 1.29 is 19.1 Å². The van der Waals surface area contributed by atoms with Crippen LogP contribution >= 0.6 is 0 Å². The van der Waals surface area contributed by atoms with Gasteiger partial charge in [-0.25, -0.2) is 9.59 Å². The van der Waals surface area contributed by atoms with E-state index in [1.165, 1.54) is 7.11 Å². The van der Waals surface area contributed by atoms with Crippen LogP contribution in [0.15, 0.2) is 60.7 Å². The van der Waals surface area contributed by atoms with Gasteiger partial charge in [-0.05, 0) is 64.2 Å². The Kier molecular flexibility index (Phi) is 9.19. The van der Waals surface area contributed by atoms with Gasteiger partial charge >= 0.3 is 12.2 Å². The fourth-order valence-electron chi connectivity index (χ4n) is 3.72. The van der Waals surface area contributed by atoms with Gasteiger partial charge < -0.3 is 19.7 Å². The van der Waals surface area contributed by atoms with Crippen LogP contribution in [0.25, 0.3) is 11.1 Å². The predicted octanol–water partition coefficient (Wildman–Crippen LogP) is 5.19. The number of carbonyl (C=O) groups excluding carboxylic acids is 2. The molecule has 2 N–H and O–H groups in total. The minimum absolute atomic E-state index is 0.357. The number of ether oxygens (including phenoxy) is 2.